The molecule has 7 heteroatoms. The Kier molecular flexibility index (Phi) is 4.97. The van der Waals surface area contributed by atoms with Crippen molar-refractivity contribution in [3.8, 4) is 11.5 Å². The van der Waals surface area contributed by atoms with Gasteiger partial charge in [0.2, 0.25) is 0 Å². The van der Waals surface area contributed by atoms with E-state index in [0.717, 1.165) is 5.75 Å². The normalized spacial score (nSPS) is 14.8. The number of benzene rings is 1. The molecule has 0 aliphatic carbocycles. The van der Waals surface area contributed by atoms with Crippen LogP contribution in [0, 0.1) is 0 Å². The van der Waals surface area contributed by atoms with Gasteiger partial charge in [-0.2, -0.15) is 0 Å². The fraction of sp³-hybridized carbons (Fsp3) is 0.286. The predicted molar refractivity (Wildman–Crippen MR) is 103 cm³/mol. The maximum Gasteiger partial charge on any atom is 0.349 e. The number of aromatic nitrogens is 1. The molecule has 1 amide bonds. The first-order chi connectivity index (χ1) is 13.7. The molecular formula is C21H20N2O5. The molecule has 0 unspecified atom stereocenters. The van der Waals surface area contributed by atoms with Crippen LogP contribution in [0.4, 0.5) is 0 Å². The van der Waals surface area contributed by atoms with E-state index in [9.17, 15) is 9.59 Å². The highest BCUT2D eigenvalue weighted by molar-refractivity contribution is 5.97. The average molecular weight is 380 g/mol. The summed E-state index contributed by atoms with van der Waals surface area (Å²) in [5.41, 5.74) is -0.279. The van der Waals surface area contributed by atoms with E-state index >= 15 is 0 Å². The number of nitrogens with zero attached hydrogens (tertiary/aromatic N) is 2. The summed E-state index contributed by atoms with van der Waals surface area (Å²) in [6.45, 7) is 1.03. The minimum absolute atomic E-state index is 0.0190. The lowest BCUT2D eigenvalue weighted by Crippen LogP contribution is -2.43. The molecule has 144 valence electrons. The van der Waals surface area contributed by atoms with Gasteiger partial charge in [0.15, 0.2) is 11.3 Å². The van der Waals surface area contributed by atoms with E-state index in [0.29, 0.717) is 42.6 Å². The van der Waals surface area contributed by atoms with Crippen molar-refractivity contribution in [1.82, 2.24) is 9.88 Å². The van der Waals surface area contributed by atoms with Gasteiger partial charge in [-0.3, -0.25) is 9.78 Å². The van der Waals surface area contributed by atoms with Crippen LogP contribution >= 0.6 is 0 Å². The van der Waals surface area contributed by atoms with Gasteiger partial charge in [0.25, 0.3) is 5.91 Å². The summed E-state index contributed by atoms with van der Waals surface area (Å²) in [4.78, 5) is 31.0. The van der Waals surface area contributed by atoms with Crippen LogP contribution in [0.1, 0.15) is 23.2 Å². The summed E-state index contributed by atoms with van der Waals surface area (Å²) >= 11 is 0. The second kappa shape index (κ2) is 7.72. The van der Waals surface area contributed by atoms with Crippen molar-refractivity contribution < 1.29 is 18.7 Å². The number of para-hydroxylation sites is 1. The molecule has 3 aromatic rings. The van der Waals surface area contributed by atoms with E-state index in [-0.39, 0.29) is 17.6 Å². The lowest BCUT2D eigenvalue weighted by molar-refractivity contribution is 0.0591. The SMILES string of the molecule is COc1cccc2cc(C(=O)N3CCC(Oc4cccnc4)CC3)c(=O)oc12. The first kappa shape index (κ1) is 18.0. The van der Waals surface area contributed by atoms with Crippen molar-refractivity contribution in [3.63, 3.8) is 0 Å². The standard InChI is InChI=1S/C21H20N2O5/c1-26-18-6-2-4-14-12-17(21(25)28-19(14)18)20(24)23-10-7-15(8-11-23)27-16-5-3-9-22-13-16/h2-6,9,12-13,15H,7-8,10-11H2,1H3. The van der Waals surface area contributed by atoms with Gasteiger partial charge in [0.1, 0.15) is 17.4 Å². The number of hydrogen-bond acceptors (Lipinski definition) is 6. The van der Waals surface area contributed by atoms with Crippen LogP contribution in [0.25, 0.3) is 11.0 Å². The number of methoxy groups -OCH3 is 1. The minimum atomic E-state index is -0.657. The summed E-state index contributed by atoms with van der Waals surface area (Å²) in [6.07, 6.45) is 4.76. The van der Waals surface area contributed by atoms with Crippen LogP contribution < -0.4 is 15.1 Å². The van der Waals surface area contributed by atoms with Crippen molar-refractivity contribution in [2.45, 2.75) is 18.9 Å². The molecule has 4 rings (SSSR count). The molecule has 28 heavy (non-hydrogen) atoms. The third-order valence-electron chi connectivity index (χ3n) is 4.84. The van der Waals surface area contributed by atoms with Gasteiger partial charge < -0.3 is 18.8 Å². The van der Waals surface area contributed by atoms with Gasteiger partial charge in [-0.15, -0.1) is 0 Å². The smallest absolute Gasteiger partial charge is 0.349 e. The second-order valence-corrected chi connectivity index (χ2v) is 6.62. The number of carbonyl (C=O) groups excluding carboxylic acids is 1. The Hall–Kier alpha value is -3.35. The molecule has 1 aliphatic heterocycles. The number of ether oxygens (including phenoxy) is 2. The lowest BCUT2D eigenvalue weighted by atomic mass is 10.1. The van der Waals surface area contributed by atoms with E-state index in [1.807, 2.05) is 12.1 Å². The third kappa shape index (κ3) is 3.55. The molecular weight excluding hydrogens is 360 g/mol. The van der Waals surface area contributed by atoms with Crippen molar-refractivity contribution in [1.29, 1.82) is 0 Å². The fourth-order valence-electron chi connectivity index (χ4n) is 3.38. The first-order valence-electron chi connectivity index (χ1n) is 9.12. The van der Waals surface area contributed by atoms with Crippen molar-refractivity contribution >= 4 is 16.9 Å². The number of fused-ring (bicyclic) bond motifs is 1. The molecule has 0 atom stereocenters. The number of amides is 1. The third-order valence-corrected chi connectivity index (χ3v) is 4.84. The Morgan fingerprint density at radius 3 is 2.75 bits per heavy atom. The highest BCUT2D eigenvalue weighted by Crippen LogP contribution is 2.25. The quantitative estimate of drug-likeness (QED) is 0.648. The number of carbonyl (C=O) groups is 1. The van der Waals surface area contributed by atoms with Gasteiger partial charge in [0, 0.05) is 37.5 Å². The minimum Gasteiger partial charge on any atom is -0.493 e. The molecule has 0 saturated carbocycles. The molecule has 7 nitrogen and oxygen atoms in total. The van der Waals surface area contributed by atoms with Crippen LogP contribution in [-0.2, 0) is 0 Å². The Morgan fingerprint density at radius 1 is 1.21 bits per heavy atom. The fourth-order valence-corrected chi connectivity index (χ4v) is 3.38. The number of hydrogen-bond donors (Lipinski definition) is 0. The van der Waals surface area contributed by atoms with Crippen LogP contribution in [0.15, 0.2) is 58.0 Å². The largest absolute Gasteiger partial charge is 0.493 e. The van der Waals surface area contributed by atoms with Gasteiger partial charge in [0.05, 0.1) is 13.3 Å². The molecule has 1 saturated heterocycles. The zero-order valence-corrected chi connectivity index (χ0v) is 15.5. The van der Waals surface area contributed by atoms with Gasteiger partial charge in [-0.05, 0) is 24.3 Å². The van der Waals surface area contributed by atoms with E-state index < -0.39 is 5.63 Å². The topological polar surface area (TPSA) is 81.9 Å². The average Bonchev–Trinajstić information content (AvgIpc) is 2.73. The van der Waals surface area contributed by atoms with Crippen LogP contribution in [0.2, 0.25) is 0 Å². The summed E-state index contributed by atoms with van der Waals surface area (Å²) in [7, 11) is 1.51. The molecule has 0 bridgehead atoms. The Bertz CT molecular complexity index is 1040. The maximum atomic E-state index is 12.9. The number of piperidine rings is 1. The molecule has 3 heterocycles. The van der Waals surface area contributed by atoms with Gasteiger partial charge in [-0.25, -0.2) is 4.79 Å². The van der Waals surface area contributed by atoms with Crippen molar-refractivity contribution in [3.05, 3.63) is 64.8 Å². The van der Waals surface area contributed by atoms with E-state index in [1.54, 1.807) is 41.6 Å². The van der Waals surface area contributed by atoms with Crippen LogP contribution in [0.3, 0.4) is 0 Å². The highest BCUT2D eigenvalue weighted by Gasteiger charge is 2.27. The van der Waals surface area contributed by atoms with Crippen LogP contribution in [-0.4, -0.2) is 42.1 Å². The Morgan fingerprint density at radius 2 is 2.04 bits per heavy atom. The molecule has 0 spiro atoms. The molecule has 1 aliphatic rings. The molecule has 2 aromatic heterocycles. The number of pyridine rings is 1. The highest BCUT2D eigenvalue weighted by atomic mass is 16.5. The molecule has 0 N–H and O–H groups in total. The lowest BCUT2D eigenvalue weighted by Gasteiger charge is -2.32. The molecule has 1 aromatic carbocycles. The second-order valence-electron chi connectivity index (χ2n) is 6.62. The van der Waals surface area contributed by atoms with Crippen molar-refractivity contribution in [2.75, 3.05) is 20.2 Å². The number of rotatable bonds is 4. The van der Waals surface area contributed by atoms with Gasteiger partial charge in [-0.1, -0.05) is 12.1 Å². The number of likely N-dealkylation sites (tertiary alicyclic amines) is 1. The van der Waals surface area contributed by atoms with Crippen LogP contribution in [0.5, 0.6) is 11.5 Å². The maximum absolute atomic E-state index is 12.9. The first-order valence-corrected chi connectivity index (χ1v) is 9.12. The summed E-state index contributed by atoms with van der Waals surface area (Å²) in [5.74, 6) is 0.858. The zero-order valence-electron chi connectivity index (χ0n) is 15.5. The van der Waals surface area contributed by atoms with E-state index in [2.05, 4.69) is 4.98 Å². The van der Waals surface area contributed by atoms with Crippen molar-refractivity contribution in [2.24, 2.45) is 0 Å². The van der Waals surface area contributed by atoms with E-state index in [4.69, 9.17) is 13.9 Å². The molecule has 1 fully saturated rings. The summed E-state index contributed by atoms with van der Waals surface area (Å²) < 4.78 is 16.5. The summed E-state index contributed by atoms with van der Waals surface area (Å²) in [6, 6.07) is 10.5. The summed E-state index contributed by atoms with van der Waals surface area (Å²) in [5, 5.41) is 0.650. The monoisotopic (exact) mass is 380 g/mol. The van der Waals surface area contributed by atoms with Gasteiger partial charge >= 0.3 is 5.63 Å². The van der Waals surface area contributed by atoms with E-state index in [1.165, 1.54) is 7.11 Å². The Labute approximate surface area is 161 Å². The predicted octanol–water partition coefficient (Wildman–Crippen LogP) is 2.88. The zero-order chi connectivity index (χ0) is 19.5. The Balaban J connectivity index is 1.48. The molecule has 0 radical (unpaired) electrons.